The molecular weight excluding hydrogens is 319 g/mol. The number of halogens is 4. The van der Waals surface area contributed by atoms with Gasteiger partial charge in [0.05, 0.1) is 5.02 Å². The molecular formula is C10H11ClF3N3O2S. The average molecular weight is 330 g/mol. The first-order valence-corrected chi connectivity index (χ1v) is 7.41. The highest BCUT2D eigenvalue weighted by Crippen LogP contribution is 2.49. The first-order valence-electron chi connectivity index (χ1n) is 5.55. The van der Waals surface area contributed by atoms with Gasteiger partial charge in [-0.1, -0.05) is 11.6 Å². The molecule has 0 aliphatic heterocycles. The summed E-state index contributed by atoms with van der Waals surface area (Å²) in [7, 11) is -2.80. The van der Waals surface area contributed by atoms with Gasteiger partial charge in [0, 0.05) is 13.2 Å². The first kappa shape index (κ1) is 15.3. The van der Waals surface area contributed by atoms with Crippen LogP contribution in [-0.2, 0) is 10.0 Å². The number of pyridine rings is 1. The number of hydrogen-bond donors (Lipinski definition) is 2. The maximum Gasteiger partial charge on any atom is 0.407 e. The molecule has 1 fully saturated rings. The fraction of sp³-hybridized carbons (Fsp3) is 0.500. The van der Waals surface area contributed by atoms with E-state index in [4.69, 9.17) is 11.6 Å². The van der Waals surface area contributed by atoms with Crippen LogP contribution in [-0.4, -0.2) is 32.2 Å². The van der Waals surface area contributed by atoms with E-state index in [1.54, 1.807) is 4.72 Å². The summed E-state index contributed by atoms with van der Waals surface area (Å²) in [5.74, 6) is 0.238. The lowest BCUT2D eigenvalue weighted by Crippen LogP contribution is -2.47. The number of aromatic nitrogens is 1. The topological polar surface area (TPSA) is 71.1 Å². The van der Waals surface area contributed by atoms with Crippen LogP contribution in [0.3, 0.4) is 0 Å². The lowest BCUT2D eigenvalue weighted by Gasteiger charge is -2.20. The summed E-state index contributed by atoms with van der Waals surface area (Å²) in [6.07, 6.45) is -4.22. The van der Waals surface area contributed by atoms with Crippen LogP contribution in [0.15, 0.2) is 17.2 Å². The molecule has 1 aliphatic rings. The third kappa shape index (κ3) is 2.70. The van der Waals surface area contributed by atoms with Crippen LogP contribution in [0.2, 0.25) is 5.02 Å². The number of rotatable bonds is 4. The van der Waals surface area contributed by atoms with Crippen LogP contribution in [0.4, 0.5) is 19.0 Å². The predicted octanol–water partition coefficient (Wildman–Crippen LogP) is 2.15. The van der Waals surface area contributed by atoms with Crippen molar-refractivity contribution in [3.8, 4) is 0 Å². The normalized spacial score (nSPS) is 17.9. The fourth-order valence-corrected chi connectivity index (χ4v) is 3.38. The van der Waals surface area contributed by atoms with E-state index >= 15 is 0 Å². The number of sulfonamides is 1. The van der Waals surface area contributed by atoms with Gasteiger partial charge in [-0.3, -0.25) is 0 Å². The number of anilines is 1. The van der Waals surface area contributed by atoms with Gasteiger partial charge in [-0.2, -0.15) is 17.9 Å². The lowest BCUT2D eigenvalue weighted by molar-refractivity contribution is -0.160. The quantitative estimate of drug-likeness (QED) is 0.888. The maximum absolute atomic E-state index is 12.8. The molecule has 2 rings (SSSR count). The molecule has 1 aromatic rings. The SMILES string of the molecule is CNc1ncc(S(=O)(=O)NC2(C(F)(F)F)CC2)cc1Cl. The van der Waals surface area contributed by atoms with Gasteiger partial charge in [0.15, 0.2) is 0 Å². The number of alkyl halides is 3. The lowest BCUT2D eigenvalue weighted by atomic mass is 10.3. The summed E-state index contributed by atoms with van der Waals surface area (Å²) in [5.41, 5.74) is -2.36. The molecule has 0 unspecified atom stereocenters. The molecule has 1 heterocycles. The molecule has 0 saturated heterocycles. The minimum absolute atomic E-state index is 0.00670. The van der Waals surface area contributed by atoms with Crippen molar-refractivity contribution in [1.29, 1.82) is 0 Å². The zero-order chi connectivity index (χ0) is 15.2. The van der Waals surface area contributed by atoms with Gasteiger partial charge >= 0.3 is 6.18 Å². The highest BCUT2D eigenvalue weighted by atomic mass is 35.5. The highest BCUT2D eigenvalue weighted by molar-refractivity contribution is 7.89. The van der Waals surface area contributed by atoms with E-state index in [9.17, 15) is 21.6 Å². The second-order valence-electron chi connectivity index (χ2n) is 4.44. The van der Waals surface area contributed by atoms with Gasteiger partial charge in [-0.15, -0.1) is 0 Å². The van der Waals surface area contributed by atoms with Crippen LogP contribution in [0.1, 0.15) is 12.8 Å². The zero-order valence-corrected chi connectivity index (χ0v) is 11.8. The van der Waals surface area contributed by atoms with Crippen LogP contribution in [0, 0.1) is 0 Å². The zero-order valence-electron chi connectivity index (χ0n) is 10.3. The Balaban J connectivity index is 2.30. The van der Waals surface area contributed by atoms with Crippen LogP contribution in [0.5, 0.6) is 0 Å². The first-order chi connectivity index (χ1) is 9.11. The van der Waals surface area contributed by atoms with E-state index in [2.05, 4.69) is 10.3 Å². The van der Waals surface area contributed by atoms with Crippen molar-refractivity contribution < 1.29 is 21.6 Å². The average Bonchev–Trinajstić information content (AvgIpc) is 3.08. The Bertz CT molecular complexity index is 629. The van der Waals surface area contributed by atoms with Gasteiger partial charge in [-0.05, 0) is 18.9 Å². The second-order valence-corrected chi connectivity index (χ2v) is 6.53. The summed E-state index contributed by atoms with van der Waals surface area (Å²) in [6.45, 7) is 0. The van der Waals surface area contributed by atoms with Crippen molar-refractivity contribution in [2.24, 2.45) is 0 Å². The fourth-order valence-electron chi connectivity index (χ4n) is 1.64. The van der Waals surface area contributed by atoms with Gasteiger partial charge in [0.2, 0.25) is 10.0 Å². The number of nitrogens with one attached hydrogen (secondary N) is 2. The Labute approximate surface area is 118 Å². The van der Waals surface area contributed by atoms with Crippen LogP contribution < -0.4 is 10.0 Å². The molecule has 0 bridgehead atoms. The minimum atomic E-state index is -4.62. The number of hydrogen-bond acceptors (Lipinski definition) is 4. The minimum Gasteiger partial charge on any atom is -0.372 e. The van der Waals surface area contributed by atoms with Gasteiger partial charge in [-0.25, -0.2) is 13.4 Å². The van der Waals surface area contributed by atoms with Crippen molar-refractivity contribution in [3.05, 3.63) is 17.3 Å². The molecule has 5 nitrogen and oxygen atoms in total. The summed E-state index contributed by atoms with van der Waals surface area (Å²) in [4.78, 5) is 3.33. The monoisotopic (exact) mass is 329 g/mol. The standard InChI is InChI=1S/C10H11ClF3N3O2S/c1-15-8-7(11)4-6(5-16-8)20(18,19)17-9(2-3-9)10(12,13)14/h4-5,17H,2-3H2,1H3,(H,15,16). The Hall–Kier alpha value is -1.06. The molecule has 20 heavy (non-hydrogen) atoms. The molecule has 0 radical (unpaired) electrons. The molecule has 2 N–H and O–H groups in total. The molecule has 1 aliphatic carbocycles. The molecule has 1 aromatic heterocycles. The second kappa shape index (κ2) is 4.74. The van der Waals surface area contributed by atoms with Crippen LogP contribution >= 0.6 is 11.6 Å². The van der Waals surface area contributed by atoms with E-state index in [-0.39, 0.29) is 23.7 Å². The maximum atomic E-state index is 12.8. The van der Waals surface area contributed by atoms with E-state index < -0.39 is 26.6 Å². The predicted molar refractivity (Wildman–Crippen MR) is 67.1 cm³/mol. The van der Waals surface area contributed by atoms with Crippen molar-refractivity contribution in [3.63, 3.8) is 0 Å². The van der Waals surface area contributed by atoms with Gasteiger partial charge in [0.1, 0.15) is 16.3 Å². The van der Waals surface area contributed by atoms with Crippen molar-refractivity contribution in [2.75, 3.05) is 12.4 Å². The Morgan fingerprint density at radius 1 is 1.40 bits per heavy atom. The summed E-state index contributed by atoms with van der Waals surface area (Å²) in [6, 6.07) is 1.05. The molecule has 0 amide bonds. The smallest absolute Gasteiger partial charge is 0.372 e. The molecule has 0 aromatic carbocycles. The molecule has 10 heteroatoms. The molecule has 1 saturated carbocycles. The third-order valence-electron chi connectivity index (χ3n) is 2.99. The van der Waals surface area contributed by atoms with Gasteiger partial charge < -0.3 is 5.32 Å². The van der Waals surface area contributed by atoms with Crippen LogP contribution in [0.25, 0.3) is 0 Å². The summed E-state index contributed by atoms with van der Waals surface area (Å²) in [5, 5.41) is 2.63. The van der Waals surface area contributed by atoms with E-state index in [1.807, 2.05) is 0 Å². The van der Waals surface area contributed by atoms with Gasteiger partial charge in [0.25, 0.3) is 0 Å². The molecule has 112 valence electrons. The highest BCUT2D eigenvalue weighted by Gasteiger charge is 2.65. The molecule has 0 spiro atoms. The van der Waals surface area contributed by atoms with Crippen molar-refractivity contribution >= 4 is 27.4 Å². The Kier molecular flexibility index (Phi) is 3.64. The van der Waals surface area contributed by atoms with E-state index in [0.29, 0.717) is 0 Å². The van der Waals surface area contributed by atoms with Crippen molar-refractivity contribution in [1.82, 2.24) is 9.71 Å². The Morgan fingerprint density at radius 2 is 2.00 bits per heavy atom. The summed E-state index contributed by atoms with van der Waals surface area (Å²) < 4.78 is 63.9. The summed E-state index contributed by atoms with van der Waals surface area (Å²) >= 11 is 5.77. The van der Waals surface area contributed by atoms with E-state index in [1.165, 1.54) is 7.05 Å². The van der Waals surface area contributed by atoms with E-state index in [0.717, 1.165) is 12.3 Å². The Morgan fingerprint density at radius 3 is 2.40 bits per heavy atom. The number of nitrogens with zero attached hydrogens (tertiary/aromatic N) is 1. The van der Waals surface area contributed by atoms with Crippen molar-refractivity contribution in [2.45, 2.75) is 29.5 Å². The third-order valence-corrected chi connectivity index (χ3v) is 4.78. The largest absolute Gasteiger partial charge is 0.407 e. The molecule has 0 atom stereocenters.